The van der Waals surface area contributed by atoms with E-state index in [-0.39, 0.29) is 6.04 Å². The summed E-state index contributed by atoms with van der Waals surface area (Å²) in [5.74, 6) is 0. The van der Waals surface area contributed by atoms with Gasteiger partial charge in [-0.15, -0.1) is 0 Å². The Kier molecular flexibility index (Phi) is 5.75. The van der Waals surface area contributed by atoms with Gasteiger partial charge < -0.3 is 11.1 Å². The van der Waals surface area contributed by atoms with Gasteiger partial charge in [-0.1, -0.05) is 104 Å². The van der Waals surface area contributed by atoms with E-state index in [0.29, 0.717) is 0 Å². The van der Waals surface area contributed by atoms with Crippen LogP contribution in [0.1, 0.15) is 5.56 Å². The van der Waals surface area contributed by atoms with E-state index in [0.717, 1.165) is 28.1 Å². The minimum Gasteiger partial charge on any atom is -0.356 e. The summed E-state index contributed by atoms with van der Waals surface area (Å²) in [5.41, 5.74) is 14.2. The van der Waals surface area contributed by atoms with Crippen LogP contribution in [0.2, 0.25) is 0 Å². The van der Waals surface area contributed by atoms with Gasteiger partial charge in [0.2, 0.25) is 0 Å². The van der Waals surface area contributed by atoms with Crippen LogP contribution < -0.4 is 11.1 Å². The van der Waals surface area contributed by atoms with Crippen molar-refractivity contribution in [1.29, 1.82) is 0 Å². The minimum atomic E-state index is -0.133. The Morgan fingerprint density at radius 1 is 0.758 bits per heavy atom. The van der Waals surface area contributed by atoms with E-state index in [1.165, 1.54) is 21.9 Å². The molecule has 0 fully saturated rings. The van der Waals surface area contributed by atoms with E-state index in [9.17, 15) is 0 Å². The molecule has 0 saturated carbocycles. The first-order chi connectivity index (χ1) is 16.2. The van der Waals surface area contributed by atoms with Crippen LogP contribution in [0.3, 0.4) is 0 Å². The van der Waals surface area contributed by atoms with Crippen molar-refractivity contribution in [3.05, 3.63) is 139 Å². The Balaban J connectivity index is 1.56. The van der Waals surface area contributed by atoms with Crippen molar-refractivity contribution in [2.45, 2.75) is 6.04 Å². The van der Waals surface area contributed by atoms with E-state index < -0.39 is 0 Å². The van der Waals surface area contributed by atoms with Crippen molar-refractivity contribution in [2.75, 3.05) is 5.32 Å². The third-order valence-electron chi connectivity index (χ3n) is 6.05. The molecule has 1 aliphatic carbocycles. The van der Waals surface area contributed by atoms with Crippen molar-refractivity contribution in [1.82, 2.24) is 0 Å². The van der Waals surface area contributed by atoms with Gasteiger partial charge >= 0.3 is 0 Å². The normalized spacial score (nSPS) is 16.6. The van der Waals surface area contributed by atoms with Crippen molar-refractivity contribution in [2.24, 2.45) is 5.73 Å². The molecule has 2 heteroatoms. The molecule has 1 aliphatic rings. The number of para-hydroxylation sites is 1. The molecule has 0 bridgehead atoms. The predicted molar refractivity (Wildman–Crippen MR) is 142 cm³/mol. The van der Waals surface area contributed by atoms with Crippen LogP contribution in [-0.4, -0.2) is 6.04 Å². The standard InChI is InChI=1S/C31H26N2/c1-2-25(30-14-8-9-15-31(30)32)29-21-20-26(27-12-6-7-13-28(27)29)22-16-18-24(19-17-22)33-23-10-4-3-5-11-23/h2-21,31,33H,1,32H2/b30-25+. The molecule has 0 radical (unpaired) electrons. The topological polar surface area (TPSA) is 38.0 Å². The molecule has 160 valence electrons. The smallest absolute Gasteiger partial charge is 0.0490 e. The summed E-state index contributed by atoms with van der Waals surface area (Å²) in [6, 6.07) is 31.6. The molecule has 5 rings (SSSR count). The molecule has 0 amide bonds. The van der Waals surface area contributed by atoms with Crippen LogP contribution in [0.15, 0.2) is 134 Å². The number of allylic oxidation sites excluding steroid dienone is 4. The van der Waals surface area contributed by atoms with Crippen molar-refractivity contribution in [3.63, 3.8) is 0 Å². The Hall–Kier alpha value is -4.14. The molecule has 33 heavy (non-hydrogen) atoms. The van der Waals surface area contributed by atoms with Crippen LogP contribution in [0.5, 0.6) is 0 Å². The van der Waals surface area contributed by atoms with E-state index in [1.54, 1.807) is 0 Å². The first-order valence-corrected chi connectivity index (χ1v) is 11.2. The van der Waals surface area contributed by atoms with Crippen LogP contribution >= 0.6 is 0 Å². The van der Waals surface area contributed by atoms with Gasteiger partial charge in [-0.25, -0.2) is 0 Å². The molecule has 3 N–H and O–H groups in total. The molecule has 0 spiro atoms. The second-order valence-electron chi connectivity index (χ2n) is 8.12. The summed E-state index contributed by atoms with van der Waals surface area (Å²) in [4.78, 5) is 0. The number of benzene rings is 4. The van der Waals surface area contributed by atoms with Gasteiger partial charge in [0.25, 0.3) is 0 Å². The highest BCUT2D eigenvalue weighted by Crippen LogP contribution is 2.36. The Labute approximate surface area is 195 Å². The van der Waals surface area contributed by atoms with Crippen molar-refractivity contribution >= 4 is 27.7 Å². The molecule has 0 saturated heterocycles. The molecule has 0 aromatic heterocycles. The lowest BCUT2D eigenvalue weighted by molar-refractivity contribution is 0.975. The number of fused-ring (bicyclic) bond motifs is 1. The molecule has 4 aromatic rings. The quantitative estimate of drug-likeness (QED) is 0.344. The van der Waals surface area contributed by atoms with Gasteiger partial charge in [-0.05, 0) is 62.9 Å². The molecular formula is C31H26N2. The first-order valence-electron chi connectivity index (χ1n) is 11.2. The van der Waals surface area contributed by atoms with Crippen LogP contribution in [0.25, 0.3) is 27.5 Å². The molecule has 4 aromatic carbocycles. The Morgan fingerprint density at radius 3 is 2.18 bits per heavy atom. The van der Waals surface area contributed by atoms with Gasteiger partial charge in [-0.2, -0.15) is 0 Å². The summed E-state index contributed by atoms with van der Waals surface area (Å²) in [6.07, 6.45) is 10.0. The molecule has 1 unspecified atom stereocenters. The zero-order valence-corrected chi connectivity index (χ0v) is 18.4. The number of rotatable bonds is 5. The monoisotopic (exact) mass is 426 g/mol. The van der Waals surface area contributed by atoms with Gasteiger partial charge in [0, 0.05) is 17.4 Å². The first kappa shape index (κ1) is 20.7. The molecule has 2 nitrogen and oxygen atoms in total. The summed E-state index contributed by atoms with van der Waals surface area (Å²) >= 11 is 0. The lowest BCUT2D eigenvalue weighted by Gasteiger charge is -2.19. The maximum Gasteiger partial charge on any atom is 0.0490 e. The largest absolute Gasteiger partial charge is 0.356 e. The second kappa shape index (κ2) is 9.15. The highest BCUT2D eigenvalue weighted by atomic mass is 14.9. The maximum atomic E-state index is 6.38. The zero-order chi connectivity index (χ0) is 22.6. The lowest BCUT2D eigenvalue weighted by atomic mass is 9.87. The van der Waals surface area contributed by atoms with E-state index in [1.807, 2.05) is 42.5 Å². The fourth-order valence-corrected chi connectivity index (χ4v) is 4.42. The zero-order valence-electron chi connectivity index (χ0n) is 18.4. The molecule has 0 heterocycles. The number of hydrogen-bond acceptors (Lipinski definition) is 2. The fraction of sp³-hybridized carbons (Fsp3) is 0.0323. The van der Waals surface area contributed by atoms with E-state index in [2.05, 4.69) is 90.8 Å². The van der Waals surface area contributed by atoms with Crippen LogP contribution in [0, 0.1) is 0 Å². The average Bonchev–Trinajstić information content (AvgIpc) is 2.87. The van der Waals surface area contributed by atoms with Gasteiger partial charge in [-0.3, -0.25) is 0 Å². The highest BCUT2D eigenvalue weighted by molar-refractivity contribution is 6.04. The second-order valence-corrected chi connectivity index (χ2v) is 8.12. The van der Waals surface area contributed by atoms with Gasteiger partial charge in [0.05, 0.1) is 0 Å². The molecule has 1 atom stereocenters. The van der Waals surface area contributed by atoms with E-state index in [4.69, 9.17) is 5.73 Å². The number of nitrogens with one attached hydrogen (secondary N) is 1. The summed E-state index contributed by atoms with van der Waals surface area (Å²) < 4.78 is 0. The van der Waals surface area contributed by atoms with Crippen molar-refractivity contribution in [3.8, 4) is 11.1 Å². The van der Waals surface area contributed by atoms with Gasteiger partial charge in [0.15, 0.2) is 0 Å². The summed E-state index contributed by atoms with van der Waals surface area (Å²) in [6.45, 7) is 4.10. The summed E-state index contributed by atoms with van der Waals surface area (Å²) in [5, 5.41) is 5.86. The Morgan fingerprint density at radius 2 is 1.45 bits per heavy atom. The van der Waals surface area contributed by atoms with E-state index >= 15 is 0 Å². The summed E-state index contributed by atoms with van der Waals surface area (Å²) in [7, 11) is 0. The third kappa shape index (κ3) is 4.17. The number of anilines is 2. The van der Waals surface area contributed by atoms with Crippen molar-refractivity contribution < 1.29 is 0 Å². The van der Waals surface area contributed by atoms with Crippen LogP contribution in [0.4, 0.5) is 11.4 Å². The van der Waals surface area contributed by atoms with Crippen LogP contribution in [-0.2, 0) is 0 Å². The fourth-order valence-electron chi connectivity index (χ4n) is 4.42. The Bertz CT molecular complexity index is 1390. The molecule has 0 aliphatic heterocycles. The number of hydrogen-bond donors (Lipinski definition) is 2. The number of nitrogens with two attached hydrogens (primary N) is 1. The van der Waals surface area contributed by atoms with Gasteiger partial charge in [0.1, 0.15) is 0 Å². The third-order valence-corrected chi connectivity index (χ3v) is 6.05. The predicted octanol–water partition coefficient (Wildman–Crippen LogP) is 7.64. The maximum absolute atomic E-state index is 6.38. The SMILES string of the molecule is C=C/C(=C1/C=CC=CC1N)c1ccc(-c2ccc(Nc3ccccc3)cc2)c2ccccc12. The minimum absolute atomic E-state index is 0.133. The highest BCUT2D eigenvalue weighted by Gasteiger charge is 2.15. The lowest BCUT2D eigenvalue weighted by Crippen LogP contribution is -2.21. The molecular weight excluding hydrogens is 400 g/mol. The average molecular weight is 427 g/mol.